The van der Waals surface area contributed by atoms with E-state index in [4.69, 9.17) is 0 Å². The quantitative estimate of drug-likeness (QED) is 0.693. The van der Waals surface area contributed by atoms with Crippen LogP contribution in [0.5, 0.6) is 0 Å². The molecule has 70 valence electrons. The monoisotopic (exact) mass is 177 g/mol. The number of nitrogens with zero attached hydrogens (tertiary/aromatic N) is 2. The second-order valence-electron chi connectivity index (χ2n) is 2.97. The van der Waals surface area contributed by atoms with E-state index in [9.17, 15) is 0 Å². The van der Waals surface area contributed by atoms with E-state index in [0.29, 0.717) is 6.04 Å². The first-order chi connectivity index (χ1) is 6.33. The second-order valence-corrected chi connectivity index (χ2v) is 2.97. The fraction of sp³-hybridized carbons (Fsp3) is 0.400. The second kappa shape index (κ2) is 5.43. The summed E-state index contributed by atoms with van der Waals surface area (Å²) in [5.74, 6) is 0.832. The molecule has 3 heteroatoms. The van der Waals surface area contributed by atoms with Crippen LogP contribution in [-0.2, 0) is 6.54 Å². The summed E-state index contributed by atoms with van der Waals surface area (Å²) in [4.78, 5) is 8.22. The predicted molar refractivity (Wildman–Crippen MR) is 53.1 cm³/mol. The summed E-state index contributed by atoms with van der Waals surface area (Å²) in [7, 11) is 0. The SMILES string of the molecule is C=CCC(C)NCc1ncccn1. The van der Waals surface area contributed by atoms with Gasteiger partial charge in [-0.25, -0.2) is 9.97 Å². The molecule has 0 aliphatic carbocycles. The molecule has 0 radical (unpaired) electrons. The summed E-state index contributed by atoms with van der Waals surface area (Å²) in [5, 5.41) is 3.30. The molecule has 13 heavy (non-hydrogen) atoms. The van der Waals surface area contributed by atoms with Gasteiger partial charge < -0.3 is 5.32 Å². The molecule has 1 heterocycles. The third-order valence-corrected chi connectivity index (χ3v) is 1.75. The van der Waals surface area contributed by atoms with Crippen molar-refractivity contribution in [2.75, 3.05) is 0 Å². The predicted octanol–water partition coefficient (Wildman–Crippen LogP) is 1.53. The van der Waals surface area contributed by atoms with Gasteiger partial charge in [-0.05, 0) is 19.4 Å². The summed E-state index contributed by atoms with van der Waals surface area (Å²) in [5.41, 5.74) is 0. The molecule has 0 aliphatic rings. The van der Waals surface area contributed by atoms with Crippen LogP contribution < -0.4 is 5.32 Å². The minimum absolute atomic E-state index is 0.432. The molecule has 3 nitrogen and oxygen atoms in total. The van der Waals surface area contributed by atoms with Gasteiger partial charge in [0, 0.05) is 18.4 Å². The average Bonchev–Trinajstić information content (AvgIpc) is 2.17. The topological polar surface area (TPSA) is 37.8 Å². The largest absolute Gasteiger partial charge is 0.307 e. The van der Waals surface area contributed by atoms with E-state index in [1.165, 1.54) is 0 Å². The van der Waals surface area contributed by atoms with E-state index < -0.39 is 0 Å². The van der Waals surface area contributed by atoms with E-state index in [-0.39, 0.29) is 0 Å². The Balaban J connectivity index is 2.30. The maximum absolute atomic E-state index is 4.11. The molecule has 1 aromatic rings. The van der Waals surface area contributed by atoms with Crippen molar-refractivity contribution in [3.63, 3.8) is 0 Å². The maximum atomic E-state index is 4.11. The number of hydrogen-bond acceptors (Lipinski definition) is 3. The standard InChI is InChI=1S/C10H15N3/c1-3-5-9(2)13-8-10-11-6-4-7-12-10/h3-4,6-7,9,13H,1,5,8H2,2H3. The molecule has 0 amide bonds. The molecular weight excluding hydrogens is 162 g/mol. The zero-order chi connectivity index (χ0) is 9.52. The van der Waals surface area contributed by atoms with Crippen LogP contribution in [0.2, 0.25) is 0 Å². The first-order valence-electron chi connectivity index (χ1n) is 4.43. The van der Waals surface area contributed by atoms with Crippen molar-refractivity contribution in [1.82, 2.24) is 15.3 Å². The lowest BCUT2D eigenvalue weighted by atomic mass is 10.2. The smallest absolute Gasteiger partial charge is 0.141 e. The number of nitrogens with one attached hydrogen (secondary N) is 1. The summed E-state index contributed by atoms with van der Waals surface area (Å²) < 4.78 is 0. The van der Waals surface area contributed by atoms with Crippen molar-refractivity contribution < 1.29 is 0 Å². The fourth-order valence-corrected chi connectivity index (χ4v) is 1.02. The molecule has 1 aromatic heterocycles. The molecule has 0 aromatic carbocycles. The van der Waals surface area contributed by atoms with Crippen molar-refractivity contribution in [3.8, 4) is 0 Å². The van der Waals surface area contributed by atoms with Crippen molar-refractivity contribution >= 4 is 0 Å². The van der Waals surface area contributed by atoms with Gasteiger partial charge in [-0.3, -0.25) is 0 Å². The summed E-state index contributed by atoms with van der Waals surface area (Å²) >= 11 is 0. The molecule has 0 saturated carbocycles. The van der Waals surface area contributed by atoms with Crippen LogP contribution in [-0.4, -0.2) is 16.0 Å². The highest BCUT2D eigenvalue weighted by molar-refractivity contribution is 4.88. The van der Waals surface area contributed by atoms with Crippen molar-refractivity contribution in [3.05, 3.63) is 36.9 Å². The Morgan fingerprint density at radius 1 is 1.54 bits per heavy atom. The molecule has 1 N–H and O–H groups in total. The minimum atomic E-state index is 0.432. The van der Waals surface area contributed by atoms with Crippen LogP contribution in [0.4, 0.5) is 0 Å². The lowest BCUT2D eigenvalue weighted by Gasteiger charge is -2.09. The molecule has 1 rings (SSSR count). The van der Waals surface area contributed by atoms with Gasteiger partial charge in [0.25, 0.3) is 0 Å². The molecule has 0 fully saturated rings. The Labute approximate surface area is 78.9 Å². The number of rotatable bonds is 5. The Kier molecular flexibility index (Phi) is 4.12. The average molecular weight is 177 g/mol. The summed E-state index contributed by atoms with van der Waals surface area (Å²) in [6, 6.07) is 2.25. The first kappa shape index (κ1) is 9.86. The van der Waals surface area contributed by atoms with Crippen molar-refractivity contribution in [2.45, 2.75) is 25.9 Å². The highest BCUT2D eigenvalue weighted by atomic mass is 15.0. The van der Waals surface area contributed by atoms with Gasteiger partial charge in [0.2, 0.25) is 0 Å². The molecule has 1 unspecified atom stereocenters. The van der Waals surface area contributed by atoms with Crippen LogP contribution >= 0.6 is 0 Å². The Hall–Kier alpha value is -1.22. The molecule has 1 atom stereocenters. The summed E-state index contributed by atoms with van der Waals surface area (Å²) in [6.45, 7) is 6.52. The normalized spacial score (nSPS) is 12.4. The van der Waals surface area contributed by atoms with Gasteiger partial charge in [0.05, 0.1) is 6.54 Å². The Bertz CT molecular complexity index is 246. The molecule has 0 spiro atoms. The van der Waals surface area contributed by atoms with E-state index in [1.54, 1.807) is 12.4 Å². The van der Waals surface area contributed by atoms with Crippen LogP contribution in [0.3, 0.4) is 0 Å². The highest BCUT2D eigenvalue weighted by Crippen LogP contribution is 1.93. The number of aromatic nitrogens is 2. The minimum Gasteiger partial charge on any atom is -0.307 e. The Morgan fingerprint density at radius 2 is 2.23 bits per heavy atom. The van der Waals surface area contributed by atoms with E-state index in [0.717, 1.165) is 18.8 Å². The van der Waals surface area contributed by atoms with Crippen molar-refractivity contribution in [1.29, 1.82) is 0 Å². The van der Waals surface area contributed by atoms with E-state index in [2.05, 4.69) is 28.8 Å². The highest BCUT2D eigenvalue weighted by Gasteiger charge is 1.99. The third kappa shape index (κ3) is 3.80. The molecule has 0 saturated heterocycles. The van der Waals surface area contributed by atoms with Crippen molar-refractivity contribution in [2.24, 2.45) is 0 Å². The van der Waals surface area contributed by atoms with Crippen LogP contribution in [0.1, 0.15) is 19.2 Å². The zero-order valence-corrected chi connectivity index (χ0v) is 7.90. The first-order valence-corrected chi connectivity index (χ1v) is 4.43. The van der Waals surface area contributed by atoms with E-state index in [1.807, 2.05) is 12.1 Å². The van der Waals surface area contributed by atoms with Crippen LogP contribution in [0.15, 0.2) is 31.1 Å². The van der Waals surface area contributed by atoms with Gasteiger partial charge in [-0.2, -0.15) is 0 Å². The third-order valence-electron chi connectivity index (χ3n) is 1.75. The fourth-order valence-electron chi connectivity index (χ4n) is 1.02. The van der Waals surface area contributed by atoms with Gasteiger partial charge >= 0.3 is 0 Å². The molecule has 0 bridgehead atoms. The lowest BCUT2D eigenvalue weighted by molar-refractivity contribution is 0.540. The molecular formula is C10H15N3. The van der Waals surface area contributed by atoms with Gasteiger partial charge in [0.1, 0.15) is 5.82 Å². The number of hydrogen-bond donors (Lipinski definition) is 1. The maximum Gasteiger partial charge on any atom is 0.141 e. The zero-order valence-electron chi connectivity index (χ0n) is 7.90. The van der Waals surface area contributed by atoms with Crippen LogP contribution in [0.25, 0.3) is 0 Å². The lowest BCUT2D eigenvalue weighted by Crippen LogP contribution is -2.25. The Morgan fingerprint density at radius 3 is 2.85 bits per heavy atom. The summed E-state index contributed by atoms with van der Waals surface area (Å²) in [6.07, 6.45) is 6.38. The van der Waals surface area contributed by atoms with Gasteiger partial charge in [-0.15, -0.1) is 6.58 Å². The van der Waals surface area contributed by atoms with Crippen LogP contribution in [0, 0.1) is 0 Å². The molecule has 0 aliphatic heterocycles. The van der Waals surface area contributed by atoms with Gasteiger partial charge in [-0.1, -0.05) is 6.08 Å². The van der Waals surface area contributed by atoms with E-state index >= 15 is 0 Å². The van der Waals surface area contributed by atoms with Gasteiger partial charge in [0.15, 0.2) is 0 Å².